The summed E-state index contributed by atoms with van der Waals surface area (Å²) < 4.78 is 0. The molecule has 0 saturated heterocycles. The SMILES string of the molecule is Cc1cnccc1-c1nc[nH]c(=O)c1C(C)C. The van der Waals surface area contributed by atoms with Crippen molar-refractivity contribution in [3.63, 3.8) is 0 Å². The summed E-state index contributed by atoms with van der Waals surface area (Å²) in [5, 5.41) is 0. The molecule has 2 aromatic heterocycles. The van der Waals surface area contributed by atoms with Gasteiger partial charge in [0.15, 0.2) is 0 Å². The van der Waals surface area contributed by atoms with Crippen molar-refractivity contribution in [2.24, 2.45) is 0 Å². The number of nitrogens with one attached hydrogen (secondary N) is 1. The fraction of sp³-hybridized carbons (Fsp3) is 0.308. The molecule has 17 heavy (non-hydrogen) atoms. The van der Waals surface area contributed by atoms with Gasteiger partial charge in [0.05, 0.1) is 12.0 Å². The van der Waals surface area contributed by atoms with Crippen LogP contribution in [0, 0.1) is 6.92 Å². The predicted octanol–water partition coefficient (Wildman–Crippen LogP) is 2.26. The minimum Gasteiger partial charge on any atom is -0.313 e. The van der Waals surface area contributed by atoms with Crippen LogP contribution in [-0.2, 0) is 0 Å². The van der Waals surface area contributed by atoms with Crippen molar-refractivity contribution in [3.8, 4) is 11.3 Å². The third-order valence-corrected chi connectivity index (χ3v) is 2.74. The molecule has 88 valence electrons. The van der Waals surface area contributed by atoms with Gasteiger partial charge in [0, 0.05) is 23.5 Å². The molecular weight excluding hydrogens is 214 g/mol. The van der Waals surface area contributed by atoms with Crippen LogP contribution in [0.3, 0.4) is 0 Å². The maximum atomic E-state index is 11.9. The standard InChI is InChI=1S/C13H15N3O/c1-8(2)11-12(15-7-16-13(11)17)10-4-5-14-6-9(10)3/h4-8H,1-3H3,(H,15,16,17). The van der Waals surface area contributed by atoms with Gasteiger partial charge >= 0.3 is 0 Å². The molecule has 4 heteroatoms. The van der Waals surface area contributed by atoms with Gasteiger partial charge in [-0.1, -0.05) is 13.8 Å². The second-order valence-electron chi connectivity index (χ2n) is 4.34. The Labute approximate surface area is 99.8 Å². The van der Waals surface area contributed by atoms with Gasteiger partial charge in [-0.05, 0) is 24.5 Å². The van der Waals surface area contributed by atoms with E-state index in [2.05, 4.69) is 15.0 Å². The molecule has 0 aliphatic carbocycles. The van der Waals surface area contributed by atoms with E-state index in [0.717, 1.165) is 22.4 Å². The highest BCUT2D eigenvalue weighted by molar-refractivity contribution is 5.65. The van der Waals surface area contributed by atoms with E-state index >= 15 is 0 Å². The number of aromatic nitrogens is 3. The number of hydrogen-bond acceptors (Lipinski definition) is 3. The largest absolute Gasteiger partial charge is 0.313 e. The zero-order valence-corrected chi connectivity index (χ0v) is 10.2. The van der Waals surface area contributed by atoms with Gasteiger partial charge in [-0.2, -0.15) is 0 Å². The normalized spacial score (nSPS) is 10.8. The minimum absolute atomic E-state index is 0.0683. The maximum Gasteiger partial charge on any atom is 0.254 e. The van der Waals surface area contributed by atoms with E-state index < -0.39 is 0 Å². The van der Waals surface area contributed by atoms with Crippen molar-refractivity contribution in [2.45, 2.75) is 26.7 Å². The summed E-state index contributed by atoms with van der Waals surface area (Å²) in [6, 6.07) is 1.89. The minimum atomic E-state index is -0.0683. The van der Waals surface area contributed by atoms with Gasteiger partial charge in [0.2, 0.25) is 0 Å². The number of aromatic amines is 1. The van der Waals surface area contributed by atoms with E-state index in [1.165, 1.54) is 6.33 Å². The molecule has 0 saturated carbocycles. The van der Waals surface area contributed by atoms with Crippen molar-refractivity contribution in [2.75, 3.05) is 0 Å². The van der Waals surface area contributed by atoms with E-state index in [9.17, 15) is 4.79 Å². The Bertz CT molecular complexity index is 587. The number of rotatable bonds is 2. The molecule has 2 heterocycles. The first-order valence-electron chi connectivity index (χ1n) is 5.60. The van der Waals surface area contributed by atoms with Crippen LogP contribution in [0.1, 0.15) is 30.9 Å². The summed E-state index contributed by atoms with van der Waals surface area (Å²) in [6.45, 7) is 5.95. The molecule has 0 unspecified atom stereocenters. The van der Waals surface area contributed by atoms with Crippen molar-refractivity contribution in [3.05, 3.63) is 46.3 Å². The number of nitrogens with zero attached hydrogens (tertiary/aromatic N) is 2. The van der Waals surface area contributed by atoms with E-state index in [0.29, 0.717) is 0 Å². The third-order valence-electron chi connectivity index (χ3n) is 2.74. The molecule has 0 bridgehead atoms. The highest BCUT2D eigenvalue weighted by Crippen LogP contribution is 2.25. The molecule has 2 rings (SSSR count). The molecule has 2 aromatic rings. The van der Waals surface area contributed by atoms with E-state index in [1.54, 1.807) is 12.4 Å². The van der Waals surface area contributed by atoms with Crippen molar-refractivity contribution in [1.29, 1.82) is 0 Å². The fourth-order valence-electron chi connectivity index (χ4n) is 1.90. The lowest BCUT2D eigenvalue weighted by Gasteiger charge is -2.11. The van der Waals surface area contributed by atoms with Gasteiger partial charge in [0.25, 0.3) is 5.56 Å². The third kappa shape index (κ3) is 2.11. The lowest BCUT2D eigenvalue weighted by molar-refractivity contribution is 0.833. The molecular formula is C13H15N3O. The van der Waals surface area contributed by atoms with Crippen LogP contribution in [0.2, 0.25) is 0 Å². The lowest BCUT2D eigenvalue weighted by Crippen LogP contribution is -2.16. The Morgan fingerprint density at radius 2 is 2.12 bits per heavy atom. The van der Waals surface area contributed by atoms with Crippen LogP contribution in [-0.4, -0.2) is 15.0 Å². The molecule has 0 fully saturated rings. The Morgan fingerprint density at radius 1 is 1.35 bits per heavy atom. The highest BCUT2D eigenvalue weighted by atomic mass is 16.1. The van der Waals surface area contributed by atoms with Gasteiger partial charge in [0.1, 0.15) is 0 Å². The lowest BCUT2D eigenvalue weighted by atomic mass is 9.97. The van der Waals surface area contributed by atoms with Crippen LogP contribution in [0.25, 0.3) is 11.3 Å². The zero-order valence-electron chi connectivity index (χ0n) is 10.2. The number of pyridine rings is 1. The van der Waals surface area contributed by atoms with E-state index in [1.807, 2.05) is 26.8 Å². The summed E-state index contributed by atoms with van der Waals surface area (Å²) in [5.74, 6) is 0.134. The van der Waals surface area contributed by atoms with Gasteiger partial charge in [-0.15, -0.1) is 0 Å². The van der Waals surface area contributed by atoms with Crippen molar-refractivity contribution in [1.82, 2.24) is 15.0 Å². The van der Waals surface area contributed by atoms with Gasteiger partial charge in [-0.3, -0.25) is 9.78 Å². The van der Waals surface area contributed by atoms with Crippen LogP contribution in [0.15, 0.2) is 29.6 Å². The Morgan fingerprint density at radius 3 is 2.76 bits per heavy atom. The summed E-state index contributed by atoms with van der Waals surface area (Å²) in [7, 11) is 0. The summed E-state index contributed by atoms with van der Waals surface area (Å²) in [6.07, 6.45) is 4.95. The molecule has 0 radical (unpaired) electrons. The first-order valence-corrected chi connectivity index (χ1v) is 5.60. The van der Waals surface area contributed by atoms with Crippen LogP contribution < -0.4 is 5.56 Å². The maximum absolute atomic E-state index is 11.9. The topological polar surface area (TPSA) is 58.6 Å². The average Bonchev–Trinajstić information content (AvgIpc) is 2.28. The first-order chi connectivity index (χ1) is 8.11. The van der Waals surface area contributed by atoms with Crippen molar-refractivity contribution < 1.29 is 0 Å². The monoisotopic (exact) mass is 229 g/mol. The molecule has 0 aliphatic rings. The van der Waals surface area contributed by atoms with Crippen LogP contribution in [0.5, 0.6) is 0 Å². The predicted molar refractivity (Wildman–Crippen MR) is 66.9 cm³/mol. The van der Waals surface area contributed by atoms with Crippen LogP contribution in [0.4, 0.5) is 0 Å². The van der Waals surface area contributed by atoms with Gasteiger partial charge in [-0.25, -0.2) is 4.98 Å². The Hall–Kier alpha value is -1.97. The number of H-pyrrole nitrogens is 1. The zero-order chi connectivity index (χ0) is 12.4. The van der Waals surface area contributed by atoms with E-state index in [-0.39, 0.29) is 11.5 Å². The van der Waals surface area contributed by atoms with Gasteiger partial charge < -0.3 is 4.98 Å². The second-order valence-corrected chi connectivity index (χ2v) is 4.34. The summed E-state index contributed by atoms with van der Waals surface area (Å²) >= 11 is 0. The molecule has 0 atom stereocenters. The quantitative estimate of drug-likeness (QED) is 0.859. The molecule has 0 aromatic carbocycles. The Kier molecular flexibility index (Phi) is 3.04. The summed E-state index contributed by atoms with van der Waals surface area (Å²) in [4.78, 5) is 22.8. The number of aryl methyl sites for hydroxylation is 1. The molecule has 0 aliphatic heterocycles. The molecule has 1 N–H and O–H groups in total. The smallest absolute Gasteiger partial charge is 0.254 e. The van der Waals surface area contributed by atoms with Crippen LogP contribution >= 0.6 is 0 Å². The van der Waals surface area contributed by atoms with E-state index in [4.69, 9.17) is 0 Å². The molecule has 4 nitrogen and oxygen atoms in total. The molecule has 0 amide bonds. The molecule has 0 spiro atoms. The fourth-order valence-corrected chi connectivity index (χ4v) is 1.90. The highest BCUT2D eigenvalue weighted by Gasteiger charge is 2.15. The van der Waals surface area contributed by atoms with Crippen molar-refractivity contribution >= 4 is 0 Å². The number of hydrogen-bond donors (Lipinski definition) is 1. The summed E-state index contributed by atoms with van der Waals surface area (Å²) in [5.41, 5.74) is 3.40. The Balaban J connectivity index is 2.73. The first kappa shape index (κ1) is 11.5. The second kappa shape index (κ2) is 4.49. The average molecular weight is 229 g/mol.